The van der Waals surface area contributed by atoms with Crippen LogP contribution < -0.4 is 10.9 Å². The molecule has 0 aliphatic carbocycles. The number of fused-ring (bicyclic) bond motifs is 1. The van der Waals surface area contributed by atoms with Gasteiger partial charge in [-0.1, -0.05) is 37.7 Å². The first-order valence-electron chi connectivity index (χ1n) is 9.04. The highest BCUT2D eigenvalue weighted by Gasteiger charge is 2.17. The van der Waals surface area contributed by atoms with E-state index >= 15 is 0 Å². The van der Waals surface area contributed by atoms with Crippen LogP contribution in [0.3, 0.4) is 0 Å². The topological polar surface area (TPSA) is 74.8 Å². The van der Waals surface area contributed by atoms with Crippen LogP contribution in [0.15, 0.2) is 34.2 Å². The minimum atomic E-state index is -0.321. The number of hydrogen-bond donors (Lipinski definition) is 2. The second-order valence-corrected chi connectivity index (χ2v) is 9.08. The van der Waals surface area contributed by atoms with E-state index in [1.165, 1.54) is 35.2 Å². The fraction of sp³-hybridized carbons (Fsp3) is 0.350. The van der Waals surface area contributed by atoms with Crippen LogP contribution in [-0.2, 0) is 4.79 Å². The van der Waals surface area contributed by atoms with Crippen molar-refractivity contribution in [2.24, 2.45) is 5.92 Å². The number of nitrogens with zero attached hydrogens (tertiary/aromatic N) is 1. The molecule has 0 saturated carbocycles. The molecule has 28 heavy (non-hydrogen) atoms. The molecule has 1 aromatic carbocycles. The molecule has 2 heterocycles. The zero-order chi connectivity index (χ0) is 20.3. The molecule has 0 bridgehead atoms. The van der Waals surface area contributed by atoms with Gasteiger partial charge in [-0.25, -0.2) is 9.37 Å². The Morgan fingerprint density at radius 1 is 1.32 bits per heavy atom. The van der Waals surface area contributed by atoms with E-state index in [0.717, 1.165) is 22.4 Å². The number of amides is 1. The summed E-state index contributed by atoms with van der Waals surface area (Å²) in [5.41, 5.74) is 1.30. The maximum absolute atomic E-state index is 13.2. The number of hydrogen-bond acceptors (Lipinski definition) is 5. The number of aromatic nitrogens is 2. The highest BCUT2D eigenvalue weighted by molar-refractivity contribution is 7.99. The Morgan fingerprint density at radius 3 is 2.71 bits per heavy atom. The number of H-pyrrole nitrogens is 1. The fourth-order valence-corrected chi connectivity index (χ4v) is 4.61. The van der Waals surface area contributed by atoms with Crippen molar-refractivity contribution in [3.05, 3.63) is 45.3 Å². The number of aromatic amines is 1. The van der Waals surface area contributed by atoms with Gasteiger partial charge in [-0.3, -0.25) is 9.59 Å². The Labute approximate surface area is 170 Å². The van der Waals surface area contributed by atoms with E-state index in [0.29, 0.717) is 27.8 Å². The van der Waals surface area contributed by atoms with Crippen molar-refractivity contribution in [2.45, 2.75) is 32.3 Å². The molecule has 0 saturated heterocycles. The Balaban J connectivity index is 1.80. The highest BCUT2D eigenvalue weighted by Crippen LogP contribution is 2.36. The summed E-state index contributed by atoms with van der Waals surface area (Å²) in [6, 6.07) is 6.07. The van der Waals surface area contributed by atoms with Gasteiger partial charge in [-0.2, -0.15) is 0 Å². The van der Waals surface area contributed by atoms with E-state index in [1.807, 2.05) is 6.92 Å². The standard InChI is InChI=1S/C20H22FN3O2S2/c1-11(2)8-9-22-15(25)10-27-20-23-18(26)17-16(12(3)28-19(17)24-20)13-4-6-14(21)7-5-13/h4-7,11H,8-10H2,1-3H3,(H,22,25)(H,23,24,26). The summed E-state index contributed by atoms with van der Waals surface area (Å²) in [5.74, 6) is 0.327. The number of nitrogens with one attached hydrogen (secondary N) is 2. The van der Waals surface area contributed by atoms with E-state index in [2.05, 4.69) is 29.1 Å². The number of thioether (sulfide) groups is 1. The molecule has 8 heteroatoms. The first-order valence-corrected chi connectivity index (χ1v) is 10.8. The number of thiophene rings is 1. The van der Waals surface area contributed by atoms with Crippen molar-refractivity contribution in [1.82, 2.24) is 15.3 Å². The van der Waals surface area contributed by atoms with Gasteiger partial charge < -0.3 is 10.3 Å². The molecule has 1 amide bonds. The summed E-state index contributed by atoms with van der Waals surface area (Å²) < 4.78 is 13.2. The van der Waals surface area contributed by atoms with E-state index in [1.54, 1.807) is 12.1 Å². The first kappa shape index (κ1) is 20.5. The maximum atomic E-state index is 13.2. The van der Waals surface area contributed by atoms with Crippen LogP contribution in [0.2, 0.25) is 0 Å². The number of halogens is 1. The number of carbonyl (C=O) groups excluding carboxylic acids is 1. The minimum Gasteiger partial charge on any atom is -0.355 e. The third-order valence-electron chi connectivity index (χ3n) is 4.23. The van der Waals surface area contributed by atoms with Gasteiger partial charge in [-0.15, -0.1) is 11.3 Å². The molecule has 3 rings (SSSR count). The van der Waals surface area contributed by atoms with Gasteiger partial charge in [-0.05, 0) is 37.0 Å². The highest BCUT2D eigenvalue weighted by atomic mass is 32.2. The summed E-state index contributed by atoms with van der Waals surface area (Å²) >= 11 is 2.63. The molecular formula is C20H22FN3O2S2. The third kappa shape index (κ3) is 4.80. The summed E-state index contributed by atoms with van der Waals surface area (Å²) in [6.45, 7) is 6.77. The largest absolute Gasteiger partial charge is 0.355 e. The molecule has 0 aliphatic heterocycles. The Bertz CT molecular complexity index is 1040. The average Bonchev–Trinajstić information content (AvgIpc) is 2.97. The van der Waals surface area contributed by atoms with Crippen LogP contribution in [0.4, 0.5) is 4.39 Å². The summed E-state index contributed by atoms with van der Waals surface area (Å²) in [6.07, 6.45) is 0.929. The van der Waals surface area contributed by atoms with Gasteiger partial charge in [0.05, 0.1) is 11.1 Å². The molecule has 2 N–H and O–H groups in total. The minimum absolute atomic E-state index is 0.0808. The molecule has 0 radical (unpaired) electrons. The van der Waals surface area contributed by atoms with Crippen molar-refractivity contribution in [1.29, 1.82) is 0 Å². The molecule has 0 atom stereocenters. The lowest BCUT2D eigenvalue weighted by molar-refractivity contribution is -0.118. The summed E-state index contributed by atoms with van der Waals surface area (Å²) in [4.78, 5) is 33.5. The monoisotopic (exact) mass is 419 g/mol. The van der Waals surface area contributed by atoms with Gasteiger partial charge in [0.25, 0.3) is 5.56 Å². The Hall–Kier alpha value is -2.19. The quantitative estimate of drug-likeness (QED) is 0.441. The molecule has 0 spiro atoms. The molecule has 0 unspecified atom stereocenters. The zero-order valence-corrected chi connectivity index (χ0v) is 17.6. The predicted molar refractivity (Wildman–Crippen MR) is 114 cm³/mol. The SMILES string of the molecule is Cc1sc2nc(SCC(=O)NCCC(C)C)[nH]c(=O)c2c1-c1ccc(F)cc1. The molecule has 3 aromatic rings. The second-order valence-electron chi connectivity index (χ2n) is 6.91. The lowest BCUT2D eigenvalue weighted by atomic mass is 10.0. The van der Waals surface area contributed by atoms with Crippen molar-refractivity contribution >= 4 is 39.2 Å². The average molecular weight is 420 g/mol. The normalized spacial score (nSPS) is 11.3. The number of aryl methyl sites for hydroxylation is 1. The van der Waals surface area contributed by atoms with Crippen LogP contribution in [0.5, 0.6) is 0 Å². The van der Waals surface area contributed by atoms with E-state index in [-0.39, 0.29) is 23.0 Å². The van der Waals surface area contributed by atoms with Gasteiger partial charge in [0.1, 0.15) is 10.6 Å². The number of carbonyl (C=O) groups is 1. The van der Waals surface area contributed by atoms with Crippen molar-refractivity contribution in [3.63, 3.8) is 0 Å². The molecule has 5 nitrogen and oxygen atoms in total. The molecule has 0 aliphatic rings. The first-order chi connectivity index (χ1) is 13.3. The van der Waals surface area contributed by atoms with E-state index < -0.39 is 0 Å². The van der Waals surface area contributed by atoms with Gasteiger partial charge >= 0.3 is 0 Å². The van der Waals surface area contributed by atoms with E-state index in [9.17, 15) is 14.0 Å². The fourth-order valence-electron chi connectivity index (χ4n) is 2.82. The van der Waals surface area contributed by atoms with Crippen molar-refractivity contribution in [3.8, 4) is 11.1 Å². The lowest BCUT2D eigenvalue weighted by Gasteiger charge is -2.07. The number of benzene rings is 1. The third-order valence-corrected chi connectivity index (χ3v) is 6.11. The van der Waals surface area contributed by atoms with Crippen molar-refractivity contribution in [2.75, 3.05) is 12.3 Å². The van der Waals surface area contributed by atoms with Crippen LogP contribution >= 0.6 is 23.1 Å². The molecule has 148 valence electrons. The van der Waals surface area contributed by atoms with Crippen molar-refractivity contribution < 1.29 is 9.18 Å². The van der Waals surface area contributed by atoms with Gasteiger partial charge in [0.2, 0.25) is 5.91 Å². The van der Waals surface area contributed by atoms with Crippen LogP contribution in [0.1, 0.15) is 25.1 Å². The van der Waals surface area contributed by atoms with Gasteiger partial charge in [0, 0.05) is 17.0 Å². The molecular weight excluding hydrogens is 397 g/mol. The zero-order valence-electron chi connectivity index (χ0n) is 16.0. The van der Waals surface area contributed by atoms with Crippen LogP contribution in [0.25, 0.3) is 21.3 Å². The maximum Gasteiger partial charge on any atom is 0.260 e. The Morgan fingerprint density at radius 2 is 2.04 bits per heavy atom. The smallest absolute Gasteiger partial charge is 0.260 e. The molecule has 2 aromatic heterocycles. The summed E-state index contributed by atoms with van der Waals surface area (Å²) in [5, 5.41) is 3.79. The van der Waals surface area contributed by atoms with Crippen LogP contribution in [-0.4, -0.2) is 28.2 Å². The number of rotatable bonds is 7. The molecule has 0 fully saturated rings. The second kappa shape index (κ2) is 8.87. The van der Waals surface area contributed by atoms with E-state index in [4.69, 9.17) is 0 Å². The lowest BCUT2D eigenvalue weighted by Crippen LogP contribution is -2.27. The summed E-state index contributed by atoms with van der Waals surface area (Å²) in [7, 11) is 0. The Kier molecular flexibility index (Phi) is 6.51. The van der Waals surface area contributed by atoms with Crippen LogP contribution in [0, 0.1) is 18.7 Å². The van der Waals surface area contributed by atoms with Gasteiger partial charge in [0.15, 0.2) is 5.16 Å². The predicted octanol–water partition coefficient (Wildman–Crippen LogP) is 4.35.